The fourth-order valence-corrected chi connectivity index (χ4v) is 2.06. The number of hydrogen-bond acceptors (Lipinski definition) is 3. The Morgan fingerprint density at radius 2 is 2.12 bits per heavy atom. The fourth-order valence-electron chi connectivity index (χ4n) is 1.35. The molecule has 17 heavy (non-hydrogen) atoms. The van der Waals surface area contributed by atoms with Crippen molar-refractivity contribution in [3.8, 4) is 0 Å². The monoisotopic (exact) mass is 267 g/mol. The molecule has 0 aliphatic rings. The van der Waals surface area contributed by atoms with Gasteiger partial charge in [0.2, 0.25) is 0 Å². The van der Waals surface area contributed by atoms with Gasteiger partial charge in [0.05, 0.1) is 0 Å². The van der Waals surface area contributed by atoms with E-state index in [1.807, 2.05) is 16.8 Å². The lowest BCUT2D eigenvalue weighted by molar-refractivity contribution is -0.174. The molecule has 0 aromatic carbocycles. The van der Waals surface area contributed by atoms with E-state index in [2.05, 4.69) is 4.74 Å². The first-order valence-electron chi connectivity index (χ1n) is 5.38. The van der Waals surface area contributed by atoms with Crippen molar-refractivity contribution in [1.29, 1.82) is 0 Å². The van der Waals surface area contributed by atoms with E-state index in [4.69, 9.17) is 5.73 Å². The number of nitrogens with two attached hydrogens (primary N) is 1. The maximum Gasteiger partial charge on any atom is 0.411 e. The number of rotatable bonds is 7. The minimum absolute atomic E-state index is 0.0598. The van der Waals surface area contributed by atoms with Crippen LogP contribution in [0.4, 0.5) is 13.2 Å². The van der Waals surface area contributed by atoms with Crippen LogP contribution in [0, 0.1) is 0 Å². The van der Waals surface area contributed by atoms with Crippen molar-refractivity contribution in [1.82, 2.24) is 0 Å². The smallest absolute Gasteiger partial charge is 0.372 e. The van der Waals surface area contributed by atoms with Gasteiger partial charge in [-0.2, -0.15) is 24.5 Å². The summed E-state index contributed by atoms with van der Waals surface area (Å²) in [6.45, 7) is -1.13. The van der Waals surface area contributed by atoms with Crippen LogP contribution in [0.25, 0.3) is 0 Å². The summed E-state index contributed by atoms with van der Waals surface area (Å²) in [7, 11) is 0. The molecule has 1 heterocycles. The van der Waals surface area contributed by atoms with Gasteiger partial charge >= 0.3 is 6.18 Å². The molecule has 0 fully saturated rings. The third-order valence-electron chi connectivity index (χ3n) is 2.28. The normalized spacial score (nSPS) is 13.9. The lowest BCUT2D eigenvalue weighted by Gasteiger charge is -2.12. The molecule has 2 nitrogen and oxygen atoms in total. The summed E-state index contributed by atoms with van der Waals surface area (Å²) >= 11 is 1.62. The topological polar surface area (TPSA) is 35.2 Å². The Hall–Kier alpha value is -0.590. The number of thiophene rings is 1. The van der Waals surface area contributed by atoms with Crippen molar-refractivity contribution < 1.29 is 17.9 Å². The zero-order chi connectivity index (χ0) is 12.7. The first-order valence-corrected chi connectivity index (χ1v) is 6.33. The first kappa shape index (κ1) is 14.5. The number of alkyl halides is 3. The highest BCUT2D eigenvalue weighted by Crippen LogP contribution is 2.15. The molecular formula is C11H16F3NOS. The Labute approximate surface area is 103 Å². The van der Waals surface area contributed by atoms with E-state index in [1.54, 1.807) is 11.3 Å². The second-order valence-corrected chi connectivity index (χ2v) is 4.67. The van der Waals surface area contributed by atoms with Gasteiger partial charge in [0.25, 0.3) is 0 Å². The molecule has 0 saturated heterocycles. The molecule has 1 aromatic rings. The standard InChI is InChI=1S/C11H16F3NOS/c12-11(13,14)8-16-5-3-10(15)2-1-9-4-6-17-7-9/h4,6-7,10H,1-3,5,8,15H2. The maximum absolute atomic E-state index is 11.8. The zero-order valence-electron chi connectivity index (χ0n) is 9.37. The molecule has 0 aliphatic carbocycles. The third kappa shape index (κ3) is 7.36. The molecule has 0 spiro atoms. The van der Waals surface area contributed by atoms with Crippen LogP contribution in [-0.2, 0) is 11.2 Å². The number of ether oxygens (including phenoxy) is 1. The second-order valence-electron chi connectivity index (χ2n) is 3.89. The Morgan fingerprint density at radius 1 is 1.35 bits per heavy atom. The molecule has 0 radical (unpaired) electrons. The Morgan fingerprint density at radius 3 is 2.71 bits per heavy atom. The Kier molecular flexibility index (Phi) is 5.94. The number of aryl methyl sites for hydroxylation is 1. The highest BCUT2D eigenvalue weighted by molar-refractivity contribution is 7.07. The molecular weight excluding hydrogens is 251 g/mol. The largest absolute Gasteiger partial charge is 0.411 e. The van der Waals surface area contributed by atoms with Gasteiger partial charge in [0, 0.05) is 12.6 Å². The summed E-state index contributed by atoms with van der Waals surface area (Å²) in [4.78, 5) is 0. The minimum atomic E-state index is -4.25. The van der Waals surface area contributed by atoms with E-state index in [9.17, 15) is 13.2 Å². The highest BCUT2D eigenvalue weighted by Gasteiger charge is 2.27. The van der Waals surface area contributed by atoms with Crippen LogP contribution in [0.15, 0.2) is 16.8 Å². The van der Waals surface area contributed by atoms with E-state index in [-0.39, 0.29) is 12.6 Å². The molecule has 1 aromatic heterocycles. The lowest BCUT2D eigenvalue weighted by Crippen LogP contribution is -2.24. The summed E-state index contributed by atoms with van der Waals surface area (Å²) in [6.07, 6.45) is -2.16. The van der Waals surface area contributed by atoms with Crippen LogP contribution in [-0.4, -0.2) is 25.4 Å². The van der Waals surface area contributed by atoms with Crippen molar-refractivity contribution in [2.45, 2.75) is 31.5 Å². The SMILES string of the molecule is NC(CCOCC(F)(F)F)CCc1ccsc1. The summed E-state index contributed by atoms with van der Waals surface area (Å²) < 4.78 is 39.8. The molecule has 0 saturated carbocycles. The van der Waals surface area contributed by atoms with E-state index in [0.717, 1.165) is 12.8 Å². The van der Waals surface area contributed by atoms with Gasteiger partial charge in [-0.1, -0.05) is 0 Å². The van der Waals surface area contributed by atoms with Crippen molar-refractivity contribution in [2.75, 3.05) is 13.2 Å². The molecule has 0 amide bonds. The van der Waals surface area contributed by atoms with Crippen molar-refractivity contribution in [3.63, 3.8) is 0 Å². The first-order chi connectivity index (χ1) is 7.97. The van der Waals surface area contributed by atoms with E-state index < -0.39 is 12.8 Å². The molecule has 2 N–H and O–H groups in total. The molecule has 0 aliphatic heterocycles. The van der Waals surface area contributed by atoms with E-state index in [1.165, 1.54) is 5.56 Å². The van der Waals surface area contributed by atoms with Crippen LogP contribution in [0.3, 0.4) is 0 Å². The summed E-state index contributed by atoms with van der Waals surface area (Å²) in [5.41, 5.74) is 7.01. The lowest BCUT2D eigenvalue weighted by atomic mass is 10.1. The van der Waals surface area contributed by atoms with Gasteiger partial charge in [-0.05, 0) is 41.7 Å². The summed E-state index contributed by atoms with van der Waals surface area (Å²) in [5.74, 6) is 0. The summed E-state index contributed by atoms with van der Waals surface area (Å²) in [6, 6.07) is 1.92. The number of hydrogen-bond donors (Lipinski definition) is 1. The average Bonchev–Trinajstić information content (AvgIpc) is 2.73. The van der Waals surface area contributed by atoms with Crippen LogP contribution in [0.1, 0.15) is 18.4 Å². The quantitative estimate of drug-likeness (QED) is 0.771. The zero-order valence-corrected chi connectivity index (χ0v) is 10.2. The van der Waals surface area contributed by atoms with Gasteiger partial charge < -0.3 is 10.5 Å². The molecule has 98 valence electrons. The molecule has 1 unspecified atom stereocenters. The summed E-state index contributed by atoms with van der Waals surface area (Å²) in [5, 5.41) is 4.04. The van der Waals surface area contributed by atoms with Crippen LogP contribution in [0.2, 0.25) is 0 Å². The van der Waals surface area contributed by atoms with Crippen LogP contribution < -0.4 is 5.73 Å². The Balaban J connectivity index is 2.03. The predicted molar refractivity (Wildman–Crippen MR) is 62.1 cm³/mol. The predicted octanol–water partition coefficient (Wildman–Crippen LogP) is 2.98. The van der Waals surface area contributed by atoms with E-state index >= 15 is 0 Å². The molecule has 1 atom stereocenters. The van der Waals surface area contributed by atoms with Crippen molar-refractivity contribution in [2.24, 2.45) is 5.73 Å². The van der Waals surface area contributed by atoms with Gasteiger partial charge in [0.1, 0.15) is 6.61 Å². The molecule has 1 rings (SSSR count). The van der Waals surface area contributed by atoms with Gasteiger partial charge in [0.15, 0.2) is 0 Å². The van der Waals surface area contributed by atoms with Gasteiger partial charge in [-0.15, -0.1) is 0 Å². The molecule has 6 heteroatoms. The van der Waals surface area contributed by atoms with Gasteiger partial charge in [-0.3, -0.25) is 0 Å². The van der Waals surface area contributed by atoms with Crippen LogP contribution in [0.5, 0.6) is 0 Å². The maximum atomic E-state index is 11.8. The van der Waals surface area contributed by atoms with Crippen molar-refractivity contribution >= 4 is 11.3 Å². The second kappa shape index (κ2) is 6.98. The van der Waals surface area contributed by atoms with Crippen molar-refractivity contribution in [3.05, 3.63) is 22.4 Å². The fraction of sp³-hybridized carbons (Fsp3) is 0.636. The molecule has 0 bridgehead atoms. The number of halogens is 3. The third-order valence-corrected chi connectivity index (χ3v) is 3.01. The van der Waals surface area contributed by atoms with Crippen LogP contribution >= 0.6 is 11.3 Å². The average molecular weight is 267 g/mol. The highest BCUT2D eigenvalue weighted by atomic mass is 32.1. The minimum Gasteiger partial charge on any atom is -0.372 e. The van der Waals surface area contributed by atoms with E-state index in [0.29, 0.717) is 6.42 Å². The Bertz CT molecular complexity index is 300. The van der Waals surface area contributed by atoms with Gasteiger partial charge in [-0.25, -0.2) is 0 Å².